The van der Waals surface area contributed by atoms with E-state index in [2.05, 4.69) is 13.8 Å². The number of benzene rings is 1. The van der Waals surface area contributed by atoms with Crippen LogP contribution in [0.2, 0.25) is 10.0 Å². The van der Waals surface area contributed by atoms with Crippen LogP contribution in [0.25, 0.3) is 6.08 Å². The molecule has 1 aromatic carbocycles. The molecule has 5 heteroatoms. The normalized spacial score (nSPS) is 11.2. The highest BCUT2D eigenvalue weighted by Crippen LogP contribution is 2.34. The third-order valence-electron chi connectivity index (χ3n) is 3.06. The lowest BCUT2D eigenvalue weighted by molar-refractivity contribution is -0.131. The first-order valence-electron chi connectivity index (χ1n) is 6.50. The molecule has 0 radical (unpaired) electrons. The number of rotatable bonds is 7. The minimum absolute atomic E-state index is 0.383. The van der Waals surface area contributed by atoms with Gasteiger partial charge in [-0.15, -0.1) is 0 Å². The van der Waals surface area contributed by atoms with E-state index < -0.39 is 5.97 Å². The molecule has 0 heterocycles. The highest BCUT2D eigenvalue weighted by atomic mass is 35.5. The van der Waals surface area contributed by atoms with Crippen molar-refractivity contribution in [2.24, 2.45) is 5.92 Å². The van der Waals surface area contributed by atoms with Gasteiger partial charge in [-0.1, -0.05) is 49.9 Å². The number of hydrogen-bond donors (Lipinski definition) is 1. The maximum atomic E-state index is 10.6. The summed E-state index contributed by atoms with van der Waals surface area (Å²) in [6.45, 7) is 4.75. The molecule has 0 spiro atoms. The molecular formula is C15H18Cl2O3. The quantitative estimate of drug-likeness (QED) is 0.727. The molecule has 0 aliphatic heterocycles. The van der Waals surface area contributed by atoms with Crippen molar-refractivity contribution in [2.45, 2.75) is 26.7 Å². The molecule has 0 fully saturated rings. The zero-order valence-corrected chi connectivity index (χ0v) is 13.0. The van der Waals surface area contributed by atoms with Crippen LogP contribution in [0, 0.1) is 5.92 Å². The van der Waals surface area contributed by atoms with Crippen molar-refractivity contribution < 1.29 is 14.6 Å². The predicted octanol–water partition coefficient (Wildman–Crippen LogP) is 4.91. The monoisotopic (exact) mass is 316 g/mol. The Morgan fingerprint density at radius 3 is 2.55 bits per heavy atom. The number of aliphatic carboxylic acids is 1. The Hall–Kier alpha value is -1.19. The zero-order valence-electron chi connectivity index (χ0n) is 11.5. The number of carbonyl (C=O) groups is 1. The number of hydrogen-bond acceptors (Lipinski definition) is 2. The Bertz CT molecular complexity index is 494. The van der Waals surface area contributed by atoms with Crippen LogP contribution in [0.15, 0.2) is 18.2 Å². The minimum atomic E-state index is -1.04. The highest BCUT2D eigenvalue weighted by molar-refractivity contribution is 6.35. The van der Waals surface area contributed by atoms with E-state index in [9.17, 15) is 4.79 Å². The largest absolute Gasteiger partial charge is 0.491 e. The van der Waals surface area contributed by atoms with E-state index in [0.717, 1.165) is 18.9 Å². The van der Waals surface area contributed by atoms with E-state index >= 15 is 0 Å². The highest BCUT2D eigenvalue weighted by Gasteiger charge is 2.12. The fraction of sp³-hybridized carbons (Fsp3) is 0.400. The summed E-state index contributed by atoms with van der Waals surface area (Å²) >= 11 is 12.1. The summed E-state index contributed by atoms with van der Waals surface area (Å²) in [6.07, 6.45) is 4.50. The van der Waals surface area contributed by atoms with E-state index in [1.807, 2.05) is 0 Å². The van der Waals surface area contributed by atoms with Gasteiger partial charge in [0.1, 0.15) is 5.75 Å². The predicted molar refractivity (Wildman–Crippen MR) is 82.7 cm³/mol. The van der Waals surface area contributed by atoms with Crippen LogP contribution >= 0.6 is 23.2 Å². The molecule has 0 saturated carbocycles. The van der Waals surface area contributed by atoms with Gasteiger partial charge in [0.05, 0.1) is 11.6 Å². The van der Waals surface area contributed by atoms with Crippen molar-refractivity contribution in [3.05, 3.63) is 33.8 Å². The SMILES string of the molecule is CCC(CC)COc1c(Cl)cc(Cl)cc1/C=C/C(=O)O. The molecular weight excluding hydrogens is 299 g/mol. The Kier molecular flexibility index (Phi) is 6.89. The fourth-order valence-electron chi connectivity index (χ4n) is 1.74. The van der Waals surface area contributed by atoms with Crippen molar-refractivity contribution in [2.75, 3.05) is 6.61 Å². The van der Waals surface area contributed by atoms with Gasteiger partial charge in [0, 0.05) is 16.7 Å². The van der Waals surface area contributed by atoms with Crippen LogP contribution in [-0.4, -0.2) is 17.7 Å². The van der Waals surface area contributed by atoms with Gasteiger partial charge in [0.25, 0.3) is 0 Å². The molecule has 0 amide bonds. The summed E-state index contributed by atoms with van der Waals surface area (Å²) in [5.41, 5.74) is 0.566. The second-order valence-corrected chi connectivity index (χ2v) is 5.31. The molecule has 1 N–H and O–H groups in total. The smallest absolute Gasteiger partial charge is 0.328 e. The van der Waals surface area contributed by atoms with Gasteiger partial charge in [-0.3, -0.25) is 0 Å². The fourth-order valence-corrected chi connectivity index (χ4v) is 2.31. The van der Waals surface area contributed by atoms with Crippen LogP contribution in [0.4, 0.5) is 0 Å². The van der Waals surface area contributed by atoms with Gasteiger partial charge in [0.2, 0.25) is 0 Å². The molecule has 1 rings (SSSR count). The summed E-state index contributed by atoms with van der Waals surface area (Å²) < 4.78 is 5.76. The van der Waals surface area contributed by atoms with E-state index in [4.69, 9.17) is 33.0 Å². The third-order valence-corrected chi connectivity index (χ3v) is 3.56. The van der Waals surface area contributed by atoms with E-state index in [1.165, 1.54) is 6.08 Å². The molecule has 0 saturated heterocycles. The van der Waals surface area contributed by atoms with Crippen molar-refractivity contribution in [3.63, 3.8) is 0 Å². The lowest BCUT2D eigenvalue weighted by Crippen LogP contribution is -2.11. The van der Waals surface area contributed by atoms with E-state index in [-0.39, 0.29) is 0 Å². The van der Waals surface area contributed by atoms with Gasteiger partial charge in [-0.2, -0.15) is 0 Å². The first-order chi connectivity index (χ1) is 9.47. The Morgan fingerprint density at radius 1 is 1.35 bits per heavy atom. The zero-order chi connectivity index (χ0) is 15.1. The molecule has 0 atom stereocenters. The lowest BCUT2D eigenvalue weighted by Gasteiger charge is -2.16. The number of halogens is 2. The van der Waals surface area contributed by atoms with Crippen molar-refractivity contribution in [1.82, 2.24) is 0 Å². The van der Waals surface area contributed by atoms with Gasteiger partial charge >= 0.3 is 5.97 Å². The van der Waals surface area contributed by atoms with Crippen molar-refractivity contribution in [3.8, 4) is 5.75 Å². The van der Waals surface area contributed by atoms with Crippen LogP contribution in [0.5, 0.6) is 5.75 Å². The Labute approximate surface area is 129 Å². The summed E-state index contributed by atoms with van der Waals surface area (Å²) in [5.74, 6) is -0.120. The van der Waals surface area contributed by atoms with Crippen LogP contribution < -0.4 is 4.74 Å². The molecule has 20 heavy (non-hydrogen) atoms. The standard InChI is InChI=1S/C15H18Cl2O3/c1-3-10(4-2)9-20-15-11(5-6-14(18)19)7-12(16)8-13(15)17/h5-8,10H,3-4,9H2,1-2H3,(H,18,19)/b6-5+. The molecule has 0 aliphatic carbocycles. The topological polar surface area (TPSA) is 46.5 Å². The average molecular weight is 317 g/mol. The maximum absolute atomic E-state index is 10.6. The van der Waals surface area contributed by atoms with E-state index in [0.29, 0.717) is 33.9 Å². The molecule has 0 bridgehead atoms. The van der Waals surface area contributed by atoms with Crippen molar-refractivity contribution >= 4 is 35.2 Å². The first kappa shape index (κ1) is 16.9. The summed E-state index contributed by atoms with van der Waals surface area (Å²) in [4.78, 5) is 10.6. The Balaban J connectivity index is 3.00. The van der Waals surface area contributed by atoms with Gasteiger partial charge in [-0.25, -0.2) is 4.79 Å². The van der Waals surface area contributed by atoms with Crippen molar-refractivity contribution in [1.29, 1.82) is 0 Å². The summed E-state index contributed by atoms with van der Waals surface area (Å²) in [6, 6.07) is 3.22. The second-order valence-electron chi connectivity index (χ2n) is 4.47. The maximum Gasteiger partial charge on any atom is 0.328 e. The molecule has 0 aliphatic rings. The third kappa shape index (κ3) is 5.06. The number of carboxylic acid groups (broad SMARTS) is 1. The van der Waals surface area contributed by atoms with Crippen LogP contribution in [-0.2, 0) is 4.79 Å². The van der Waals surface area contributed by atoms with Crippen LogP contribution in [0.3, 0.4) is 0 Å². The number of ether oxygens (including phenoxy) is 1. The number of carboxylic acids is 1. The molecule has 0 unspecified atom stereocenters. The summed E-state index contributed by atoms with van der Waals surface area (Å²) in [5, 5.41) is 9.53. The lowest BCUT2D eigenvalue weighted by atomic mass is 10.1. The second kappa shape index (κ2) is 8.18. The Morgan fingerprint density at radius 2 is 2.00 bits per heavy atom. The average Bonchev–Trinajstić information content (AvgIpc) is 2.39. The molecule has 3 nitrogen and oxygen atoms in total. The summed E-state index contributed by atoms with van der Waals surface area (Å²) in [7, 11) is 0. The van der Waals surface area contributed by atoms with E-state index in [1.54, 1.807) is 12.1 Å². The van der Waals surface area contributed by atoms with Gasteiger partial charge < -0.3 is 9.84 Å². The van der Waals surface area contributed by atoms with Gasteiger partial charge in [0.15, 0.2) is 0 Å². The first-order valence-corrected chi connectivity index (χ1v) is 7.26. The molecule has 1 aromatic rings. The van der Waals surface area contributed by atoms with Crippen LogP contribution in [0.1, 0.15) is 32.3 Å². The van der Waals surface area contributed by atoms with Gasteiger partial charge in [-0.05, 0) is 24.1 Å². The molecule has 110 valence electrons. The molecule has 0 aromatic heterocycles. The minimum Gasteiger partial charge on any atom is -0.491 e.